The van der Waals surface area contributed by atoms with E-state index in [2.05, 4.69) is 27.1 Å². The van der Waals surface area contributed by atoms with Crippen LogP contribution in [0.1, 0.15) is 25.3 Å². The average molecular weight is 320 g/mol. The van der Waals surface area contributed by atoms with Gasteiger partial charge in [-0.2, -0.15) is 5.10 Å². The molecule has 2 aromatic heterocycles. The molecule has 1 aromatic carbocycles. The van der Waals surface area contributed by atoms with E-state index in [-0.39, 0.29) is 0 Å². The lowest BCUT2D eigenvalue weighted by molar-refractivity contribution is 0.591. The summed E-state index contributed by atoms with van der Waals surface area (Å²) in [4.78, 5) is 9.03. The zero-order chi connectivity index (χ0) is 16.7. The summed E-state index contributed by atoms with van der Waals surface area (Å²) in [6.45, 7) is 3.05. The van der Waals surface area contributed by atoms with E-state index in [0.717, 1.165) is 28.7 Å². The van der Waals surface area contributed by atoms with Crippen molar-refractivity contribution in [3.8, 4) is 11.3 Å². The molecule has 1 aliphatic rings. The minimum atomic E-state index is 0.364. The van der Waals surface area contributed by atoms with Gasteiger partial charge < -0.3 is 11.5 Å². The van der Waals surface area contributed by atoms with Gasteiger partial charge in [0.05, 0.1) is 22.5 Å². The van der Waals surface area contributed by atoms with Gasteiger partial charge >= 0.3 is 0 Å². The molecule has 2 heterocycles. The van der Waals surface area contributed by atoms with E-state index in [0.29, 0.717) is 22.5 Å². The predicted molar refractivity (Wildman–Crippen MR) is 98.0 cm³/mol. The van der Waals surface area contributed by atoms with Gasteiger partial charge in [-0.3, -0.25) is 10.1 Å². The van der Waals surface area contributed by atoms with Gasteiger partial charge in [0.1, 0.15) is 5.82 Å². The molecule has 4 rings (SSSR count). The van der Waals surface area contributed by atoms with E-state index in [1.54, 1.807) is 12.4 Å². The molecule has 0 bridgehead atoms. The lowest BCUT2D eigenvalue weighted by atomic mass is 10.0. The number of hydrogen-bond donors (Lipinski definition) is 3. The predicted octanol–water partition coefficient (Wildman–Crippen LogP) is 3.01. The summed E-state index contributed by atoms with van der Waals surface area (Å²) in [7, 11) is 0. The smallest absolute Gasteiger partial charge is 0.135 e. The molecule has 0 aliphatic heterocycles. The number of hydrogen-bond acceptors (Lipinski definition) is 5. The molecule has 5 N–H and O–H groups in total. The Morgan fingerprint density at radius 1 is 1.29 bits per heavy atom. The van der Waals surface area contributed by atoms with Crippen LogP contribution >= 0.6 is 0 Å². The van der Waals surface area contributed by atoms with Crippen LogP contribution in [-0.4, -0.2) is 27.9 Å². The normalized spacial score (nSPS) is 16.0. The van der Waals surface area contributed by atoms with Crippen molar-refractivity contribution in [3.63, 3.8) is 0 Å². The van der Waals surface area contributed by atoms with Gasteiger partial charge in [0, 0.05) is 29.9 Å². The van der Waals surface area contributed by atoms with Crippen LogP contribution in [0.3, 0.4) is 0 Å². The highest BCUT2D eigenvalue weighted by molar-refractivity contribution is 6.04. The third-order valence-electron chi connectivity index (χ3n) is 4.70. The summed E-state index contributed by atoms with van der Waals surface area (Å²) >= 11 is 0. The number of benzene rings is 1. The number of nitrogen functional groups attached to an aromatic ring is 2. The van der Waals surface area contributed by atoms with Gasteiger partial charge in [-0.05, 0) is 30.4 Å². The number of H-pyrrole nitrogens is 1. The van der Waals surface area contributed by atoms with Crippen LogP contribution in [0.5, 0.6) is 0 Å². The third-order valence-corrected chi connectivity index (χ3v) is 4.70. The topological polar surface area (TPSA) is 106 Å². The number of nitrogens with two attached hydrogens (primary N) is 2. The first-order valence-electron chi connectivity index (χ1n) is 8.04. The minimum absolute atomic E-state index is 0.364. The van der Waals surface area contributed by atoms with Crippen LogP contribution in [0.15, 0.2) is 35.5 Å². The number of rotatable bonds is 4. The van der Waals surface area contributed by atoms with E-state index in [1.807, 2.05) is 24.3 Å². The number of pyridine rings is 1. The second kappa shape index (κ2) is 5.33. The molecule has 24 heavy (non-hydrogen) atoms. The minimum Gasteiger partial charge on any atom is -0.398 e. The highest BCUT2D eigenvalue weighted by Gasteiger charge is 2.36. The Morgan fingerprint density at radius 3 is 2.83 bits per heavy atom. The fraction of sp³-hybridized carbons (Fsp3) is 0.278. The Hall–Kier alpha value is -2.89. The van der Waals surface area contributed by atoms with Crippen LogP contribution in [-0.2, 0) is 0 Å². The van der Waals surface area contributed by atoms with Crippen LogP contribution in [0.25, 0.3) is 22.2 Å². The van der Waals surface area contributed by atoms with Crippen molar-refractivity contribution >= 4 is 28.6 Å². The molecule has 0 radical (unpaired) electrons. The lowest BCUT2D eigenvalue weighted by Gasteiger charge is -2.10. The molecule has 0 atom stereocenters. The Kier molecular flexibility index (Phi) is 3.26. The summed E-state index contributed by atoms with van der Waals surface area (Å²) in [5.41, 5.74) is 16.8. The maximum atomic E-state index is 6.32. The van der Waals surface area contributed by atoms with E-state index in [9.17, 15) is 0 Å². The van der Waals surface area contributed by atoms with Crippen LogP contribution in [0, 0.1) is 5.41 Å². The zero-order valence-electron chi connectivity index (χ0n) is 13.6. The van der Waals surface area contributed by atoms with Crippen molar-refractivity contribution in [2.45, 2.75) is 19.8 Å². The number of nitrogens with zero attached hydrogens (tertiary/aromatic N) is 3. The zero-order valence-corrected chi connectivity index (χ0v) is 13.6. The summed E-state index contributed by atoms with van der Waals surface area (Å²) in [6.07, 6.45) is 5.96. The van der Waals surface area contributed by atoms with Gasteiger partial charge in [-0.25, -0.2) is 4.98 Å². The van der Waals surface area contributed by atoms with Crippen LogP contribution < -0.4 is 11.5 Å². The Labute approximate surface area is 140 Å². The van der Waals surface area contributed by atoms with Crippen LogP contribution in [0.2, 0.25) is 0 Å². The Bertz CT molecular complexity index is 922. The second-order valence-corrected chi connectivity index (χ2v) is 6.81. The molecule has 1 aliphatic carbocycles. The molecule has 6 nitrogen and oxygen atoms in total. The van der Waals surface area contributed by atoms with Gasteiger partial charge in [-0.1, -0.05) is 19.1 Å². The fourth-order valence-corrected chi connectivity index (χ4v) is 2.77. The van der Waals surface area contributed by atoms with Crippen molar-refractivity contribution < 1.29 is 0 Å². The maximum Gasteiger partial charge on any atom is 0.135 e. The van der Waals surface area contributed by atoms with Gasteiger partial charge in [0.15, 0.2) is 0 Å². The molecule has 122 valence electrons. The monoisotopic (exact) mass is 320 g/mol. The van der Waals surface area contributed by atoms with Gasteiger partial charge in [0.25, 0.3) is 0 Å². The molecule has 1 fully saturated rings. The Balaban J connectivity index is 1.73. The number of fused-ring (bicyclic) bond motifs is 1. The number of aliphatic imine (C=N–C) groups is 1. The first kappa shape index (κ1) is 14.7. The van der Waals surface area contributed by atoms with Crippen molar-refractivity contribution in [3.05, 3.63) is 36.0 Å². The quantitative estimate of drug-likeness (QED) is 0.642. The summed E-state index contributed by atoms with van der Waals surface area (Å²) in [5, 5.41) is 7.80. The molecule has 0 amide bonds. The number of aromatic amines is 1. The molecular weight excluding hydrogens is 300 g/mol. The molecule has 6 heteroatoms. The van der Waals surface area contributed by atoms with Crippen molar-refractivity contribution in [1.82, 2.24) is 15.2 Å². The number of nitrogens with one attached hydrogen (secondary N) is 1. The number of aromatic nitrogens is 3. The highest BCUT2D eigenvalue weighted by atomic mass is 15.1. The van der Waals surface area contributed by atoms with E-state index >= 15 is 0 Å². The molecule has 0 unspecified atom stereocenters. The first-order chi connectivity index (χ1) is 11.6. The first-order valence-corrected chi connectivity index (χ1v) is 8.04. The van der Waals surface area contributed by atoms with E-state index in [4.69, 9.17) is 11.5 Å². The Morgan fingerprint density at radius 2 is 2.12 bits per heavy atom. The van der Waals surface area contributed by atoms with Crippen LogP contribution in [0.4, 0.5) is 11.5 Å². The summed E-state index contributed by atoms with van der Waals surface area (Å²) < 4.78 is 0. The van der Waals surface area contributed by atoms with Crippen molar-refractivity contribution in [1.29, 1.82) is 0 Å². The second-order valence-electron chi connectivity index (χ2n) is 6.81. The lowest BCUT2D eigenvalue weighted by Crippen LogP contribution is -2.05. The van der Waals surface area contributed by atoms with E-state index in [1.165, 1.54) is 12.8 Å². The van der Waals surface area contributed by atoms with E-state index < -0.39 is 0 Å². The molecule has 1 saturated carbocycles. The third kappa shape index (κ3) is 2.60. The summed E-state index contributed by atoms with van der Waals surface area (Å²) in [6, 6.07) is 7.83. The standard InChI is InChI=1S/C18H20N6/c1-18(5-6-18)10-21-9-13-16(19)12-3-2-11(14-4-7-22-24-14)8-15(12)23-17(13)20/h2-4,7-9H,5-6,10H2,1H3,(H,22,24)(H4,19,20,23). The fourth-order valence-electron chi connectivity index (χ4n) is 2.77. The average Bonchev–Trinajstić information content (AvgIpc) is 3.08. The summed E-state index contributed by atoms with van der Waals surface area (Å²) in [5.74, 6) is 0.409. The molecule has 0 saturated heterocycles. The maximum absolute atomic E-state index is 6.32. The molecule has 0 spiro atoms. The SMILES string of the molecule is CC1(CN=Cc2c(N)nc3cc(-c4ccn[nH]4)ccc3c2N)CC1. The van der Waals surface area contributed by atoms with Gasteiger partial charge in [-0.15, -0.1) is 0 Å². The molecular formula is C18H20N6. The largest absolute Gasteiger partial charge is 0.398 e. The van der Waals surface area contributed by atoms with Crippen molar-refractivity contribution in [2.75, 3.05) is 18.0 Å². The highest BCUT2D eigenvalue weighted by Crippen LogP contribution is 2.45. The van der Waals surface area contributed by atoms with Crippen molar-refractivity contribution in [2.24, 2.45) is 10.4 Å². The van der Waals surface area contributed by atoms with Gasteiger partial charge in [0.2, 0.25) is 0 Å². The molecule has 3 aromatic rings. The number of anilines is 2.